The average Bonchev–Trinajstić information content (AvgIpc) is 2.26. The summed E-state index contributed by atoms with van der Waals surface area (Å²) in [5.41, 5.74) is 1.80. The number of carbonyl (C=O) groups excluding carboxylic acids is 1. The van der Waals surface area contributed by atoms with E-state index < -0.39 is 0 Å². The van der Waals surface area contributed by atoms with Gasteiger partial charge in [-0.3, -0.25) is 4.79 Å². The Labute approximate surface area is 89.2 Å². The lowest BCUT2D eigenvalue weighted by molar-refractivity contribution is -0.105. The summed E-state index contributed by atoms with van der Waals surface area (Å²) < 4.78 is 10.2. The zero-order valence-corrected chi connectivity index (χ0v) is 8.73. The molecule has 82 valence electrons. The molecule has 4 heteroatoms. The van der Waals surface area contributed by atoms with E-state index in [-0.39, 0.29) is 0 Å². The van der Waals surface area contributed by atoms with Crippen molar-refractivity contribution in [1.29, 1.82) is 0 Å². The maximum absolute atomic E-state index is 10.2. The summed E-state index contributed by atoms with van der Waals surface area (Å²) >= 11 is 0. The zero-order valence-electron chi connectivity index (χ0n) is 8.73. The molecule has 0 bridgehead atoms. The van der Waals surface area contributed by atoms with Crippen LogP contribution in [0.4, 0.5) is 5.69 Å². The molecule has 0 aliphatic rings. The highest BCUT2D eigenvalue weighted by Crippen LogP contribution is 2.10. The fraction of sp³-hybridized carbons (Fsp3) is 0.364. The Balaban J connectivity index is 2.39. The van der Waals surface area contributed by atoms with Gasteiger partial charge in [0.05, 0.1) is 19.8 Å². The second-order valence-corrected chi connectivity index (χ2v) is 3.01. The average molecular weight is 209 g/mol. The number of anilines is 1. The van der Waals surface area contributed by atoms with Crippen molar-refractivity contribution >= 4 is 12.1 Å². The van der Waals surface area contributed by atoms with Crippen LogP contribution in [0.2, 0.25) is 0 Å². The predicted molar refractivity (Wildman–Crippen MR) is 57.7 cm³/mol. The largest absolute Gasteiger partial charge is 0.382 e. The minimum Gasteiger partial charge on any atom is -0.382 e. The molecule has 0 unspecified atom stereocenters. The Morgan fingerprint density at radius 1 is 1.40 bits per heavy atom. The Bertz CT molecular complexity index is 302. The van der Waals surface area contributed by atoms with Crippen molar-refractivity contribution in [3.05, 3.63) is 29.8 Å². The molecule has 1 aromatic carbocycles. The molecule has 0 fully saturated rings. The first kappa shape index (κ1) is 11.7. The van der Waals surface area contributed by atoms with Crippen molar-refractivity contribution in [2.45, 2.75) is 6.61 Å². The first-order valence-corrected chi connectivity index (χ1v) is 4.72. The highest BCUT2D eigenvalue weighted by atomic mass is 16.5. The predicted octanol–water partition coefficient (Wildman–Crippen LogP) is 1.42. The number of hydrogen-bond donors (Lipinski definition) is 1. The number of methoxy groups -OCH3 is 1. The lowest BCUT2D eigenvalue weighted by atomic mass is 10.2. The van der Waals surface area contributed by atoms with E-state index in [2.05, 4.69) is 5.32 Å². The van der Waals surface area contributed by atoms with Crippen LogP contribution >= 0.6 is 0 Å². The van der Waals surface area contributed by atoms with Crippen molar-refractivity contribution in [1.82, 2.24) is 0 Å². The topological polar surface area (TPSA) is 47.6 Å². The Kier molecular flexibility index (Phi) is 5.43. The minimum atomic E-state index is 0.526. The van der Waals surface area contributed by atoms with E-state index in [1.54, 1.807) is 7.11 Å². The van der Waals surface area contributed by atoms with E-state index in [9.17, 15) is 4.79 Å². The quantitative estimate of drug-likeness (QED) is 0.545. The number of nitrogens with one attached hydrogen (secondary N) is 1. The molecule has 15 heavy (non-hydrogen) atoms. The lowest BCUT2D eigenvalue weighted by Crippen LogP contribution is -2.02. The summed E-state index contributed by atoms with van der Waals surface area (Å²) in [6.07, 6.45) is 0.658. The van der Waals surface area contributed by atoms with Crippen LogP contribution in [0.15, 0.2) is 24.3 Å². The molecule has 0 saturated heterocycles. The van der Waals surface area contributed by atoms with E-state index in [1.165, 1.54) is 0 Å². The monoisotopic (exact) mass is 209 g/mol. The molecule has 0 aromatic heterocycles. The van der Waals surface area contributed by atoms with E-state index in [0.717, 1.165) is 11.3 Å². The molecule has 1 rings (SSSR count). The van der Waals surface area contributed by atoms with Gasteiger partial charge in [0.1, 0.15) is 0 Å². The molecule has 0 aliphatic heterocycles. The van der Waals surface area contributed by atoms with Crippen molar-refractivity contribution in [2.75, 3.05) is 25.6 Å². The molecule has 0 atom stereocenters. The lowest BCUT2D eigenvalue weighted by Gasteiger charge is -2.05. The molecular weight excluding hydrogens is 194 g/mol. The van der Waals surface area contributed by atoms with E-state index in [1.807, 2.05) is 24.3 Å². The molecular formula is C11H15NO3. The third-order valence-corrected chi connectivity index (χ3v) is 1.85. The maximum Gasteiger partial charge on any atom is 0.211 e. The van der Waals surface area contributed by atoms with Crippen molar-refractivity contribution in [3.63, 3.8) is 0 Å². The summed E-state index contributed by atoms with van der Waals surface area (Å²) in [7, 11) is 1.64. The standard InChI is InChI=1S/C11H15NO3/c1-14-5-6-15-8-10-3-2-4-11(7-10)12-9-13/h2-4,7,9H,5-6,8H2,1H3,(H,12,13). The highest BCUT2D eigenvalue weighted by molar-refractivity contribution is 5.71. The number of amides is 1. The van der Waals surface area contributed by atoms with Crippen molar-refractivity contribution in [3.8, 4) is 0 Å². The first-order chi connectivity index (χ1) is 7.36. The SMILES string of the molecule is COCCOCc1cccc(NC=O)c1. The smallest absolute Gasteiger partial charge is 0.211 e. The fourth-order valence-electron chi connectivity index (χ4n) is 1.15. The van der Waals surface area contributed by atoms with Crippen LogP contribution in [0.1, 0.15) is 5.56 Å². The van der Waals surface area contributed by atoms with Crippen LogP contribution in [0.5, 0.6) is 0 Å². The Morgan fingerprint density at radius 2 is 2.27 bits per heavy atom. The molecule has 4 nitrogen and oxygen atoms in total. The molecule has 0 radical (unpaired) electrons. The second kappa shape index (κ2) is 6.98. The molecule has 1 amide bonds. The van der Waals surface area contributed by atoms with Gasteiger partial charge in [0, 0.05) is 12.8 Å². The molecule has 0 spiro atoms. The molecule has 0 saturated carbocycles. The maximum atomic E-state index is 10.2. The summed E-state index contributed by atoms with van der Waals surface area (Å²) in [5.74, 6) is 0. The van der Waals surface area contributed by atoms with Gasteiger partial charge in [0.15, 0.2) is 0 Å². The van der Waals surface area contributed by atoms with E-state index in [0.29, 0.717) is 26.2 Å². The van der Waals surface area contributed by atoms with Crippen LogP contribution in [-0.2, 0) is 20.9 Å². The van der Waals surface area contributed by atoms with Crippen LogP contribution in [0.3, 0.4) is 0 Å². The van der Waals surface area contributed by atoms with Crippen LogP contribution in [0, 0.1) is 0 Å². The van der Waals surface area contributed by atoms with Gasteiger partial charge >= 0.3 is 0 Å². The summed E-state index contributed by atoms with van der Waals surface area (Å²) in [6, 6.07) is 7.53. The second-order valence-electron chi connectivity index (χ2n) is 3.01. The first-order valence-electron chi connectivity index (χ1n) is 4.72. The van der Waals surface area contributed by atoms with Crippen LogP contribution in [-0.4, -0.2) is 26.7 Å². The van der Waals surface area contributed by atoms with E-state index in [4.69, 9.17) is 9.47 Å². The van der Waals surface area contributed by atoms with Crippen molar-refractivity contribution < 1.29 is 14.3 Å². The van der Waals surface area contributed by atoms with Crippen molar-refractivity contribution in [2.24, 2.45) is 0 Å². The number of hydrogen-bond acceptors (Lipinski definition) is 3. The summed E-state index contributed by atoms with van der Waals surface area (Å²) in [5, 5.41) is 2.59. The van der Waals surface area contributed by atoms with E-state index >= 15 is 0 Å². The fourth-order valence-corrected chi connectivity index (χ4v) is 1.15. The van der Waals surface area contributed by atoms with Gasteiger partial charge in [-0.2, -0.15) is 0 Å². The molecule has 0 aliphatic carbocycles. The van der Waals surface area contributed by atoms with Gasteiger partial charge in [-0.1, -0.05) is 12.1 Å². The Morgan fingerprint density at radius 3 is 3.00 bits per heavy atom. The van der Waals surface area contributed by atoms with Gasteiger partial charge in [0.2, 0.25) is 6.41 Å². The molecule has 1 N–H and O–H groups in total. The Hall–Kier alpha value is -1.39. The van der Waals surface area contributed by atoms with Gasteiger partial charge in [0.25, 0.3) is 0 Å². The zero-order chi connectivity index (χ0) is 10.9. The molecule has 0 heterocycles. The summed E-state index contributed by atoms with van der Waals surface area (Å²) in [4.78, 5) is 10.2. The van der Waals surface area contributed by atoms with Gasteiger partial charge in [-0.15, -0.1) is 0 Å². The van der Waals surface area contributed by atoms with Gasteiger partial charge in [-0.25, -0.2) is 0 Å². The third-order valence-electron chi connectivity index (χ3n) is 1.85. The van der Waals surface area contributed by atoms with Gasteiger partial charge < -0.3 is 14.8 Å². The van der Waals surface area contributed by atoms with Gasteiger partial charge in [-0.05, 0) is 17.7 Å². The summed E-state index contributed by atoms with van der Waals surface area (Å²) in [6.45, 7) is 1.69. The third kappa shape index (κ3) is 4.58. The number of carbonyl (C=O) groups is 1. The van der Waals surface area contributed by atoms with Crippen LogP contribution < -0.4 is 5.32 Å². The minimum absolute atomic E-state index is 0.526. The number of ether oxygens (including phenoxy) is 2. The number of benzene rings is 1. The highest BCUT2D eigenvalue weighted by Gasteiger charge is 1.95. The van der Waals surface area contributed by atoms with Crippen LogP contribution in [0.25, 0.3) is 0 Å². The molecule has 1 aromatic rings. The normalized spacial score (nSPS) is 9.93. The number of rotatable bonds is 7.